The van der Waals surface area contributed by atoms with Crippen LogP contribution in [0.3, 0.4) is 0 Å². The Labute approximate surface area is 95.1 Å². The molecule has 0 aromatic heterocycles. The molecule has 0 bridgehead atoms. The average Bonchev–Trinajstić information content (AvgIpc) is 3.09. The summed E-state index contributed by atoms with van der Waals surface area (Å²) in [6.07, 6.45) is 1.32. The van der Waals surface area contributed by atoms with E-state index in [4.69, 9.17) is 0 Å². The van der Waals surface area contributed by atoms with Crippen molar-refractivity contribution in [2.45, 2.75) is 18.3 Å². The van der Waals surface area contributed by atoms with Gasteiger partial charge in [0.2, 0.25) is 0 Å². The molecule has 2 aromatic carbocycles. The molecule has 1 aliphatic carbocycles. The second kappa shape index (κ2) is 2.88. The molecule has 1 aliphatic heterocycles. The zero-order chi connectivity index (χ0) is 10.5. The Morgan fingerprint density at radius 1 is 0.750 bits per heavy atom. The summed E-state index contributed by atoms with van der Waals surface area (Å²) < 4.78 is 0. The van der Waals surface area contributed by atoms with Gasteiger partial charge in [0.15, 0.2) is 0 Å². The van der Waals surface area contributed by atoms with Gasteiger partial charge in [-0.05, 0) is 41.5 Å². The lowest BCUT2D eigenvalue weighted by molar-refractivity contribution is 1.05. The third-order valence-electron chi connectivity index (χ3n) is 3.78. The summed E-state index contributed by atoms with van der Waals surface area (Å²) in [5.41, 5.74) is 5.56. The van der Waals surface area contributed by atoms with Gasteiger partial charge in [-0.25, -0.2) is 0 Å². The normalized spacial score (nSPS) is 24.5. The first kappa shape index (κ1) is 8.40. The fraction of sp³-hybridized carbons (Fsp3) is 0.200. The lowest BCUT2D eigenvalue weighted by Crippen LogP contribution is -1.94. The monoisotopic (exact) mass is 207 g/mol. The van der Waals surface area contributed by atoms with Crippen molar-refractivity contribution in [3.8, 4) is 0 Å². The molecule has 0 spiro atoms. The third kappa shape index (κ3) is 1.06. The third-order valence-corrected chi connectivity index (χ3v) is 3.78. The molecule has 1 heterocycles. The van der Waals surface area contributed by atoms with Crippen molar-refractivity contribution in [1.82, 2.24) is 0 Å². The van der Waals surface area contributed by atoms with Crippen LogP contribution in [-0.4, -0.2) is 0 Å². The lowest BCUT2D eigenvalue weighted by atomic mass is 10.0. The predicted molar refractivity (Wildman–Crippen MR) is 66.3 cm³/mol. The minimum atomic E-state index is 0.743. The molecule has 78 valence electrons. The molecule has 2 atom stereocenters. The van der Waals surface area contributed by atoms with Crippen LogP contribution in [-0.2, 0) is 0 Å². The number of rotatable bonds is 0. The number of benzene rings is 2. The van der Waals surface area contributed by atoms with Crippen LogP contribution in [0.15, 0.2) is 48.5 Å². The van der Waals surface area contributed by atoms with Gasteiger partial charge in [-0.2, -0.15) is 0 Å². The summed E-state index contributed by atoms with van der Waals surface area (Å²) in [6, 6.07) is 17.4. The molecule has 1 saturated carbocycles. The topological polar surface area (TPSA) is 12.0 Å². The van der Waals surface area contributed by atoms with Crippen molar-refractivity contribution in [1.29, 1.82) is 0 Å². The SMILES string of the molecule is c1ccc2c(c1)Nc1ccccc1C1CC21. The predicted octanol–water partition coefficient (Wildman–Crippen LogP) is 4.01. The van der Waals surface area contributed by atoms with Gasteiger partial charge in [0.25, 0.3) is 0 Å². The van der Waals surface area contributed by atoms with Crippen LogP contribution in [0.25, 0.3) is 0 Å². The van der Waals surface area contributed by atoms with Gasteiger partial charge in [0.05, 0.1) is 0 Å². The Balaban J connectivity index is 1.94. The Kier molecular flexibility index (Phi) is 1.51. The molecular weight excluding hydrogens is 194 g/mol. The second-order valence-electron chi connectivity index (χ2n) is 4.75. The number of nitrogens with one attached hydrogen (secondary N) is 1. The van der Waals surface area contributed by atoms with E-state index in [1.807, 2.05) is 0 Å². The molecular formula is C15H13N. The minimum absolute atomic E-state index is 0.743. The van der Waals surface area contributed by atoms with Crippen LogP contribution in [0, 0.1) is 0 Å². The van der Waals surface area contributed by atoms with E-state index in [2.05, 4.69) is 53.8 Å². The van der Waals surface area contributed by atoms with Crippen LogP contribution < -0.4 is 5.32 Å². The Bertz CT molecular complexity index is 509. The number of anilines is 2. The molecule has 0 saturated heterocycles. The zero-order valence-corrected chi connectivity index (χ0v) is 8.98. The lowest BCUT2D eigenvalue weighted by Gasteiger charge is -2.10. The van der Waals surface area contributed by atoms with Crippen LogP contribution >= 0.6 is 0 Å². The number of para-hydroxylation sites is 2. The molecule has 4 rings (SSSR count). The van der Waals surface area contributed by atoms with Gasteiger partial charge in [0, 0.05) is 11.4 Å². The Morgan fingerprint density at radius 3 is 1.81 bits per heavy atom. The van der Waals surface area contributed by atoms with E-state index in [1.54, 1.807) is 0 Å². The van der Waals surface area contributed by atoms with E-state index < -0.39 is 0 Å². The van der Waals surface area contributed by atoms with Gasteiger partial charge < -0.3 is 5.32 Å². The summed E-state index contributed by atoms with van der Waals surface area (Å²) in [6.45, 7) is 0. The fourth-order valence-corrected chi connectivity index (χ4v) is 2.90. The average molecular weight is 207 g/mol. The molecule has 2 unspecified atom stereocenters. The van der Waals surface area contributed by atoms with Crippen molar-refractivity contribution in [2.75, 3.05) is 5.32 Å². The molecule has 1 heteroatoms. The van der Waals surface area contributed by atoms with Gasteiger partial charge in [-0.15, -0.1) is 0 Å². The van der Waals surface area contributed by atoms with Gasteiger partial charge in [-0.3, -0.25) is 0 Å². The van der Waals surface area contributed by atoms with E-state index in [9.17, 15) is 0 Å². The first-order valence-electron chi connectivity index (χ1n) is 5.88. The quantitative estimate of drug-likeness (QED) is 0.688. The minimum Gasteiger partial charge on any atom is -0.355 e. The van der Waals surface area contributed by atoms with Crippen molar-refractivity contribution in [3.05, 3.63) is 59.7 Å². The van der Waals surface area contributed by atoms with Crippen molar-refractivity contribution < 1.29 is 0 Å². The molecule has 16 heavy (non-hydrogen) atoms. The molecule has 1 fully saturated rings. The van der Waals surface area contributed by atoms with Crippen LogP contribution in [0.2, 0.25) is 0 Å². The Morgan fingerprint density at radius 2 is 1.25 bits per heavy atom. The maximum atomic E-state index is 3.56. The standard InChI is InChI=1S/C15H13N/c1-3-7-14-10(5-1)12-9-13(12)11-6-2-4-8-15(11)16-14/h1-8,12-13,16H,9H2. The first-order valence-corrected chi connectivity index (χ1v) is 5.88. The van der Waals surface area contributed by atoms with Gasteiger partial charge in [-0.1, -0.05) is 36.4 Å². The van der Waals surface area contributed by atoms with Crippen molar-refractivity contribution in [2.24, 2.45) is 0 Å². The molecule has 1 N–H and O–H groups in total. The molecule has 1 nitrogen and oxygen atoms in total. The van der Waals surface area contributed by atoms with Crippen LogP contribution in [0.1, 0.15) is 29.4 Å². The maximum Gasteiger partial charge on any atom is 0.0419 e. The molecule has 0 amide bonds. The fourth-order valence-electron chi connectivity index (χ4n) is 2.90. The van der Waals surface area contributed by atoms with E-state index in [1.165, 1.54) is 28.9 Å². The number of fused-ring (bicyclic) bond motifs is 5. The largest absolute Gasteiger partial charge is 0.355 e. The second-order valence-corrected chi connectivity index (χ2v) is 4.75. The van der Waals surface area contributed by atoms with Gasteiger partial charge >= 0.3 is 0 Å². The van der Waals surface area contributed by atoms with E-state index >= 15 is 0 Å². The van der Waals surface area contributed by atoms with Crippen molar-refractivity contribution >= 4 is 11.4 Å². The molecule has 0 radical (unpaired) electrons. The van der Waals surface area contributed by atoms with Crippen LogP contribution in [0.5, 0.6) is 0 Å². The highest BCUT2D eigenvalue weighted by Gasteiger charge is 2.43. The van der Waals surface area contributed by atoms with E-state index in [0.29, 0.717) is 0 Å². The Hall–Kier alpha value is -1.76. The highest BCUT2D eigenvalue weighted by molar-refractivity contribution is 5.72. The number of hydrogen-bond donors (Lipinski definition) is 1. The van der Waals surface area contributed by atoms with Crippen LogP contribution in [0.4, 0.5) is 11.4 Å². The highest BCUT2D eigenvalue weighted by atomic mass is 14.9. The summed E-state index contributed by atoms with van der Waals surface area (Å²) in [5.74, 6) is 1.49. The molecule has 2 aromatic rings. The highest BCUT2D eigenvalue weighted by Crippen LogP contribution is 2.59. The number of hydrogen-bond acceptors (Lipinski definition) is 1. The summed E-state index contributed by atoms with van der Waals surface area (Å²) in [7, 11) is 0. The summed E-state index contributed by atoms with van der Waals surface area (Å²) in [4.78, 5) is 0. The van der Waals surface area contributed by atoms with Crippen molar-refractivity contribution in [3.63, 3.8) is 0 Å². The molecule has 2 aliphatic rings. The van der Waals surface area contributed by atoms with E-state index in [-0.39, 0.29) is 0 Å². The summed E-state index contributed by atoms with van der Waals surface area (Å²) >= 11 is 0. The van der Waals surface area contributed by atoms with E-state index in [0.717, 1.165) is 11.8 Å². The van der Waals surface area contributed by atoms with Gasteiger partial charge in [0.1, 0.15) is 0 Å². The first-order chi connectivity index (χ1) is 7.93. The smallest absolute Gasteiger partial charge is 0.0419 e. The maximum absolute atomic E-state index is 3.56. The summed E-state index contributed by atoms with van der Waals surface area (Å²) in [5, 5.41) is 3.56. The zero-order valence-electron chi connectivity index (χ0n) is 8.98.